The number of nitrogens with one attached hydrogen (secondary N) is 1. The molecule has 0 saturated carbocycles. The van der Waals surface area contributed by atoms with Crippen LogP contribution >= 0.6 is 11.6 Å². The number of rotatable bonds is 6. The van der Waals surface area contributed by atoms with E-state index < -0.39 is 9.84 Å². The number of nitrogens with zero attached hydrogens (tertiary/aromatic N) is 2. The number of hydrogen-bond acceptors (Lipinski definition) is 5. The summed E-state index contributed by atoms with van der Waals surface area (Å²) in [6, 6.07) is 0. The molecule has 6 nitrogen and oxygen atoms in total. The Morgan fingerprint density at radius 3 is 2.63 bits per heavy atom. The number of aromatic nitrogens is 2. The van der Waals surface area contributed by atoms with Crippen LogP contribution in [0.25, 0.3) is 0 Å². The number of hydrogen-bond donors (Lipinski definition) is 1. The lowest BCUT2D eigenvalue weighted by Gasteiger charge is -2.11. The molecule has 0 fully saturated rings. The van der Waals surface area contributed by atoms with Crippen molar-refractivity contribution >= 4 is 27.1 Å². The van der Waals surface area contributed by atoms with Crippen molar-refractivity contribution in [1.82, 2.24) is 9.78 Å². The van der Waals surface area contributed by atoms with Gasteiger partial charge in [-0.1, -0.05) is 25.4 Å². The lowest BCUT2D eigenvalue weighted by molar-refractivity contribution is 0.464. The molecule has 19 heavy (non-hydrogen) atoms. The molecule has 8 heteroatoms. The Balaban J connectivity index is 2.82. The van der Waals surface area contributed by atoms with E-state index in [0.29, 0.717) is 12.2 Å². The van der Waals surface area contributed by atoms with Crippen molar-refractivity contribution in [1.29, 1.82) is 0 Å². The van der Waals surface area contributed by atoms with Gasteiger partial charge in [-0.05, 0) is 5.92 Å². The molecule has 0 unspecified atom stereocenters. The standard InChI is InChI=1S/C11H18ClN3O3S/c1-8(2)7-15-11(16)10(12)9(6-14-15)13-4-5-19(3,17)18/h6,8,13H,4-5,7H2,1-3H3. The highest BCUT2D eigenvalue weighted by atomic mass is 35.5. The fourth-order valence-corrected chi connectivity index (χ4v) is 2.12. The van der Waals surface area contributed by atoms with Crippen LogP contribution in [0.4, 0.5) is 5.69 Å². The Morgan fingerprint density at radius 1 is 1.47 bits per heavy atom. The monoisotopic (exact) mass is 307 g/mol. The second-order valence-electron chi connectivity index (χ2n) is 4.81. The van der Waals surface area contributed by atoms with Crippen LogP contribution in [0.1, 0.15) is 13.8 Å². The average molecular weight is 308 g/mol. The number of sulfone groups is 1. The van der Waals surface area contributed by atoms with Gasteiger partial charge in [-0.2, -0.15) is 5.10 Å². The minimum atomic E-state index is -3.05. The van der Waals surface area contributed by atoms with Gasteiger partial charge in [0.05, 0.1) is 17.6 Å². The van der Waals surface area contributed by atoms with E-state index in [2.05, 4.69) is 10.4 Å². The number of halogens is 1. The SMILES string of the molecule is CC(C)Cn1ncc(NCCS(C)(=O)=O)c(Cl)c1=O. The van der Waals surface area contributed by atoms with E-state index in [1.54, 1.807) is 0 Å². The van der Waals surface area contributed by atoms with Gasteiger partial charge in [0.1, 0.15) is 14.9 Å². The highest BCUT2D eigenvalue weighted by molar-refractivity contribution is 7.90. The Morgan fingerprint density at radius 2 is 2.11 bits per heavy atom. The molecule has 0 radical (unpaired) electrons. The van der Waals surface area contributed by atoms with Crippen molar-refractivity contribution in [2.75, 3.05) is 23.9 Å². The molecule has 0 aromatic carbocycles. The van der Waals surface area contributed by atoms with Gasteiger partial charge in [-0.15, -0.1) is 0 Å². The van der Waals surface area contributed by atoms with Crippen LogP contribution in [0.15, 0.2) is 11.0 Å². The third kappa shape index (κ3) is 5.20. The third-order valence-corrected chi connectivity index (χ3v) is 3.62. The smallest absolute Gasteiger partial charge is 0.287 e. The molecular weight excluding hydrogens is 290 g/mol. The fraction of sp³-hybridized carbons (Fsp3) is 0.636. The zero-order valence-electron chi connectivity index (χ0n) is 11.2. The minimum absolute atomic E-state index is 0.0294. The summed E-state index contributed by atoms with van der Waals surface area (Å²) >= 11 is 5.95. The number of anilines is 1. The molecule has 1 heterocycles. The first-order valence-corrected chi connectivity index (χ1v) is 8.32. The van der Waals surface area contributed by atoms with E-state index in [-0.39, 0.29) is 28.8 Å². The lowest BCUT2D eigenvalue weighted by atomic mass is 10.2. The summed E-state index contributed by atoms with van der Waals surface area (Å²) in [7, 11) is -3.05. The van der Waals surface area contributed by atoms with E-state index in [9.17, 15) is 13.2 Å². The van der Waals surface area contributed by atoms with Crippen LogP contribution in [-0.2, 0) is 16.4 Å². The molecule has 1 N–H and O–H groups in total. The molecule has 0 bridgehead atoms. The molecule has 0 spiro atoms. The molecule has 1 aromatic rings. The summed E-state index contributed by atoms with van der Waals surface area (Å²) in [5, 5.41) is 6.84. The Kier molecular flexibility index (Phi) is 5.37. The van der Waals surface area contributed by atoms with Crippen LogP contribution in [-0.4, -0.2) is 36.8 Å². The molecule has 0 atom stereocenters. The maximum atomic E-state index is 11.9. The molecule has 0 aliphatic carbocycles. The fourth-order valence-electron chi connectivity index (χ4n) is 1.44. The van der Waals surface area contributed by atoms with Gasteiger partial charge in [0.2, 0.25) is 0 Å². The van der Waals surface area contributed by atoms with Crippen molar-refractivity contribution in [2.45, 2.75) is 20.4 Å². The third-order valence-electron chi connectivity index (χ3n) is 2.31. The topological polar surface area (TPSA) is 81.1 Å². The quantitative estimate of drug-likeness (QED) is 0.848. The van der Waals surface area contributed by atoms with Gasteiger partial charge in [0.25, 0.3) is 5.56 Å². The van der Waals surface area contributed by atoms with Gasteiger partial charge >= 0.3 is 0 Å². The summed E-state index contributed by atoms with van der Waals surface area (Å²) in [6.07, 6.45) is 2.59. The second-order valence-corrected chi connectivity index (χ2v) is 7.45. The van der Waals surface area contributed by atoms with E-state index in [4.69, 9.17) is 11.6 Å². The van der Waals surface area contributed by atoms with Gasteiger partial charge in [0.15, 0.2) is 0 Å². The van der Waals surface area contributed by atoms with E-state index in [0.717, 1.165) is 6.26 Å². The van der Waals surface area contributed by atoms with E-state index in [1.807, 2.05) is 13.8 Å². The second kappa shape index (κ2) is 6.38. The minimum Gasteiger partial charge on any atom is -0.381 e. The van der Waals surface area contributed by atoms with Crippen molar-refractivity contribution in [3.8, 4) is 0 Å². The molecule has 0 amide bonds. The summed E-state index contributed by atoms with van der Waals surface area (Å²) in [5.41, 5.74) is -0.0185. The van der Waals surface area contributed by atoms with Gasteiger partial charge in [-0.3, -0.25) is 4.79 Å². The van der Waals surface area contributed by atoms with Crippen LogP contribution in [0, 0.1) is 5.92 Å². The summed E-state index contributed by atoms with van der Waals surface area (Å²) < 4.78 is 23.3. The molecule has 108 valence electrons. The van der Waals surface area contributed by atoms with Gasteiger partial charge in [0, 0.05) is 19.3 Å². The molecule has 0 aliphatic rings. The first-order valence-electron chi connectivity index (χ1n) is 5.88. The van der Waals surface area contributed by atoms with E-state index >= 15 is 0 Å². The molecule has 0 saturated heterocycles. The van der Waals surface area contributed by atoms with Crippen LogP contribution < -0.4 is 10.9 Å². The predicted octanol–water partition coefficient (Wildman–Crippen LogP) is 1.01. The predicted molar refractivity (Wildman–Crippen MR) is 76.5 cm³/mol. The van der Waals surface area contributed by atoms with Crippen LogP contribution in [0.3, 0.4) is 0 Å². The Labute approximate surface area is 117 Å². The van der Waals surface area contributed by atoms with Crippen LogP contribution in [0.2, 0.25) is 5.02 Å². The Hall–Kier alpha value is -1.08. The highest BCUT2D eigenvalue weighted by Crippen LogP contribution is 2.15. The van der Waals surface area contributed by atoms with Gasteiger partial charge < -0.3 is 5.32 Å². The zero-order chi connectivity index (χ0) is 14.6. The maximum Gasteiger partial charge on any atom is 0.287 e. The summed E-state index contributed by atoms with van der Waals surface area (Å²) in [5.74, 6) is 0.253. The van der Waals surface area contributed by atoms with Crippen LogP contribution in [0.5, 0.6) is 0 Å². The molecule has 1 aromatic heterocycles. The lowest BCUT2D eigenvalue weighted by Crippen LogP contribution is -2.26. The first kappa shape index (κ1) is 16.0. The van der Waals surface area contributed by atoms with Crippen molar-refractivity contribution in [2.24, 2.45) is 5.92 Å². The van der Waals surface area contributed by atoms with Gasteiger partial charge in [-0.25, -0.2) is 13.1 Å². The maximum absolute atomic E-state index is 11.9. The summed E-state index contributed by atoms with van der Waals surface area (Å²) in [6.45, 7) is 4.62. The van der Waals surface area contributed by atoms with Crippen molar-refractivity contribution in [3.05, 3.63) is 21.6 Å². The Bertz CT molecular complexity index is 596. The highest BCUT2D eigenvalue weighted by Gasteiger charge is 2.10. The normalized spacial score (nSPS) is 11.8. The molecule has 1 rings (SSSR count). The molecule has 0 aliphatic heterocycles. The first-order chi connectivity index (χ1) is 8.70. The molecular formula is C11H18ClN3O3S. The van der Waals surface area contributed by atoms with Crippen molar-refractivity contribution in [3.63, 3.8) is 0 Å². The average Bonchev–Trinajstić information content (AvgIpc) is 2.26. The van der Waals surface area contributed by atoms with E-state index in [1.165, 1.54) is 10.9 Å². The largest absolute Gasteiger partial charge is 0.381 e. The summed E-state index contributed by atoms with van der Waals surface area (Å²) in [4.78, 5) is 11.9. The van der Waals surface area contributed by atoms with Crippen molar-refractivity contribution < 1.29 is 8.42 Å². The zero-order valence-corrected chi connectivity index (χ0v) is 12.8.